The summed E-state index contributed by atoms with van der Waals surface area (Å²) in [6.07, 6.45) is 1.85. The van der Waals surface area contributed by atoms with Gasteiger partial charge in [0.25, 0.3) is 0 Å². The molecular formula is C13H20BrN5. The summed E-state index contributed by atoms with van der Waals surface area (Å²) in [6.45, 7) is 7.09. The highest BCUT2D eigenvalue weighted by atomic mass is 79.9. The van der Waals surface area contributed by atoms with E-state index in [2.05, 4.69) is 45.3 Å². The Morgan fingerprint density at radius 1 is 1.42 bits per heavy atom. The maximum Gasteiger partial charge on any atom is 0.0793 e. The zero-order valence-electron chi connectivity index (χ0n) is 12.0. The van der Waals surface area contributed by atoms with E-state index in [0.29, 0.717) is 0 Å². The van der Waals surface area contributed by atoms with Gasteiger partial charge in [-0.1, -0.05) is 0 Å². The lowest BCUT2D eigenvalue weighted by atomic mass is 10.0. The van der Waals surface area contributed by atoms with Crippen molar-refractivity contribution >= 4 is 15.9 Å². The highest BCUT2D eigenvalue weighted by Crippen LogP contribution is 2.31. The number of hydrogen-bond donors (Lipinski definition) is 1. The van der Waals surface area contributed by atoms with Gasteiger partial charge in [0.1, 0.15) is 0 Å². The molecule has 0 spiro atoms. The largest absolute Gasteiger partial charge is 0.308 e. The SMILES string of the molecule is CCn1ncc(Br)c1C(NC)c1c(C)nn(C)c1C. The molecule has 0 aliphatic rings. The van der Waals surface area contributed by atoms with Crippen LogP contribution in [0, 0.1) is 13.8 Å². The van der Waals surface area contributed by atoms with Gasteiger partial charge < -0.3 is 5.32 Å². The lowest BCUT2D eigenvalue weighted by molar-refractivity contribution is 0.558. The van der Waals surface area contributed by atoms with E-state index < -0.39 is 0 Å². The Morgan fingerprint density at radius 3 is 2.58 bits per heavy atom. The molecule has 0 fully saturated rings. The Kier molecular flexibility index (Phi) is 4.10. The Balaban J connectivity index is 2.59. The fraction of sp³-hybridized carbons (Fsp3) is 0.538. The molecule has 1 unspecified atom stereocenters. The van der Waals surface area contributed by atoms with Crippen molar-refractivity contribution in [1.29, 1.82) is 0 Å². The zero-order valence-corrected chi connectivity index (χ0v) is 13.6. The van der Waals surface area contributed by atoms with E-state index in [4.69, 9.17) is 0 Å². The molecule has 1 atom stereocenters. The molecule has 0 radical (unpaired) electrons. The minimum absolute atomic E-state index is 0.0884. The number of rotatable bonds is 4. The number of aromatic nitrogens is 4. The molecular weight excluding hydrogens is 306 g/mol. The van der Waals surface area contributed by atoms with Crippen molar-refractivity contribution in [3.05, 3.63) is 33.3 Å². The standard InChI is InChI=1S/C13H20BrN5/c1-6-19-13(10(14)7-16-19)12(15-4)11-8(2)17-18(5)9(11)3/h7,12,15H,6H2,1-5H3. The summed E-state index contributed by atoms with van der Waals surface area (Å²) in [6, 6.07) is 0.0884. The zero-order chi connectivity index (χ0) is 14.2. The Labute approximate surface area is 122 Å². The minimum atomic E-state index is 0.0884. The molecule has 6 heteroatoms. The third kappa shape index (κ3) is 2.34. The van der Waals surface area contributed by atoms with Crippen LogP contribution in [0.1, 0.15) is 35.6 Å². The Morgan fingerprint density at radius 2 is 2.11 bits per heavy atom. The predicted octanol–water partition coefficient (Wildman–Crippen LogP) is 2.32. The van der Waals surface area contributed by atoms with E-state index in [-0.39, 0.29) is 6.04 Å². The van der Waals surface area contributed by atoms with Gasteiger partial charge in [-0.3, -0.25) is 9.36 Å². The third-order valence-electron chi connectivity index (χ3n) is 3.55. The van der Waals surface area contributed by atoms with Gasteiger partial charge in [0.05, 0.1) is 28.1 Å². The van der Waals surface area contributed by atoms with Crippen molar-refractivity contribution in [1.82, 2.24) is 24.9 Å². The number of aryl methyl sites for hydroxylation is 3. The van der Waals surface area contributed by atoms with Crippen LogP contribution >= 0.6 is 15.9 Å². The van der Waals surface area contributed by atoms with Crippen LogP contribution in [0.15, 0.2) is 10.7 Å². The molecule has 2 aromatic heterocycles. The molecule has 2 aromatic rings. The second kappa shape index (κ2) is 5.46. The van der Waals surface area contributed by atoms with Crippen LogP contribution in [0.4, 0.5) is 0 Å². The van der Waals surface area contributed by atoms with Crippen molar-refractivity contribution in [2.75, 3.05) is 7.05 Å². The first-order valence-electron chi connectivity index (χ1n) is 6.39. The first-order valence-corrected chi connectivity index (χ1v) is 7.19. The molecule has 2 rings (SSSR count). The molecule has 5 nitrogen and oxygen atoms in total. The van der Waals surface area contributed by atoms with E-state index >= 15 is 0 Å². The Hall–Kier alpha value is -1.14. The molecule has 0 aliphatic heterocycles. The summed E-state index contributed by atoms with van der Waals surface area (Å²) >= 11 is 3.60. The van der Waals surface area contributed by atoms with Crippen molar-refractivity contribution < 1.29 is 0 Å². The van der Waals surface area contributed by atoms with Crippen LogP contribution in [-0.4, -0.2) is 26.6 Å². The monoisotopic (exact) mass is 325 g/mol. The van der Waals surface area contributed by atoms with Gasteiger partial charge in [0, 0.05) is 24.8 Å². The van der Waals surface area contributed by atoms with Crippen LogP contribution in [0.3, 0.4) is 0 Å². The van der Waals surface area contributed by atoms with Crippen molar-refractivity contribution in [2.24, 2.45) is 7.05 Å². The maximum atomic E-state index is 4.51. The van der Waals surface area contributed by atoms with E-state index in [1.807, 2.05) is 36.6 Å². The summed E-state index contributed by atoms with van der Waals surface area (Å²) < 4.78 is 4.96. The molecule has 0 amide bonds. The van der Waals surface area contributed by atoms with E-state index in [1.54, 1.807) is 0 Å². The van der Waals surface area contributed by atoms with Crippen LogP contribution in [0.25, 0.3) is 0 Å². The summed E-state index contributed by atoms with van der Waals surface area (Å²) in [5.74, 6) is 0. The van der Waals surface area contributed by atoms with Crippen LogP contribution in [-0.2, 0) is 13.6 Å². The van der Waals surface area contributed by atoms with Gasteiger partial charge in [-0.25, -0.2) is 0 Å². The van der Waals surface area contributed by atoms with Gasteiger partial charge in [0.2, 0.25) is 0 Å². The average molecular weight is 326 g/mol. The van der Waals surface area contributed by atoms with Gasteiger partial charge in [-0.2, -0.15) is 10.2 Å². The average Bonchev–Trinajstić information content (AvgIpc) is 2.86. The quantitative estimate of drug-likeness (QED) is 0.938. The van der Waals surface area contributed by atoms with Crippen LogP contribution in [0.2, 0.25) is 0 Å². The third-order valence-corrected chi connectivity index (χ3v) is 4.16. The second-order valence-electron chi connectivity index (χ2n) is 4.62. The lowest BCUT2D eigenvalue weighted by Crippen LogP contribution is -2.23. The van der Waals surface area contributed by atoms with E-state index in [1.165, 1.54) is 11.3 Å². The van der Waals surface area contributed by atoms with E-state index in [0.717, 1.165) is 22.4 Å². The van der Waals surface area contributed by atoms with Crippen molar-refractivity contribution in [2.45, 2.75) is 33.4 Å². The summed E-state index contributed by atoms with van der Waals surface area (Å²) in [4.78, 5) is 0. The number of hydrogen-bond acceptors (Lipinski definition) is 3. The summed E-state index contributed by atoms with van der Waals surface area (Å²) in [5.41, 5.74) is 4.59. The van der Waals surface area contributed by atoms with Crippen LogP contribution < -0.4 is 5.32 Å². The Bertz CT molecular complexity index is 584. The first-order chi connectivity index (χ1) is 9.01. The van der Waals surface area contributed by atoms with Crippen molar-refractivity contribution in [3.8, 4) is 0 Å². The first kappa shape index (κ1) is 14.3. The highest BCUT2D eigenvalue weighted by molar-refractivity contribution is 9.10. The molecule has 0 saturated heterocycles. The molecule has 104 valence electrons. The smallest absolute Gasteiger partial charge is 0.0793 e. The maximum absolute atomic E-state index is 4.51. The summed E-state index contributed by atoms with van der Waals surface area (Å²) in [5, 5.41) is 12.3. The molecule has 0 bridgehead atoms. The summed E-state index contributed by atoms with van der Waals surface area (Å²) in [7, 11) is 3.95. The van der Waals surface area contributed by atoms with Crippen molar-refractivity contribution in [3.63, 3.8) is 0 Å². The fourth-order valence-electron chi connectivity index (χ4n) is 2.54. The van der Waals surface area contributed by atoms with Gasteiger partial charge in [-0.05, 0) is 43.7 Å². The van der Waals surface area contributed by atoms with E-state index in [9.17, 15) is 0 Å². The lowest BCUT2D eigenvalue weighted by Gasteiger charge is -2.19. The molecule has 0 aromatic carbocycles. The highest BCUT2D eigenvalue weighted by Gasteiger charge is 2.25. The molecule has 0 aliphatic carbocycles. The fourth-order valence-corrected chi connectivity index (χ4v) is 3.06. The van der Waals surface area contributed by atoms with Crippen LogP contribution in [0.5, 0.6) is 0 Å². The van der Waals surface area contributed by atoms with Gasteiger partial charge in [0.15, 0.2) is 0 Å². The molecule has 1 N–H and O–H groups in total. The molecule has 0 saturated carbocycles. The minimum Gasteiger partial charge on any atom is -0.308 e. The molecule has 2 heterocycles. The second-order valence-corrected chi connectivity index (χ2v) is 5.48. The predicted molar refractivity (Wildman–Crippen MR) is 79.2 cm³/mol. The normalized spacial score (nSPS) is 12.9. The van der Waals surface area contributed by atoms with Gasteiger partial charge in [-0.15, -0.1) is 0 Å². The van der Waals surface area contributed by atoms with Gasteiger partial charge >= 0.3 is 0 Å². The topological polar surface area (TPSA) is 47.7 Å². The number of nitrogens with zero attached hydrogens (tertiary/aromatic N) is 4. The number of nitrogens with one attached hydrogen (secondary N) is 1. The molecule has 19 heavy (non-hydrogen) atoms. The number of halogens is 1.